The quantitative estimate of drug-likeness (QED) is 0.198. The molecule has 2 rings (SSSR count). The van der Waals surface area contributed by atoms with E-state index in [-0.39, 0.29) is 0 Å². The molecule has 8 heavy (non-hydrogen) atoms. The molecule has 2 saturated heterocycles. The van der Waals surface area contributed by atoms with Crippen LogP contribution in [0.2, 0.25) is 0 Å². The maximum atomic E-state index is 8.93. The van der Waals surface area contributed by atoms with Crippen LogP contribution in [0, 0.1) is 0 Å². The predicted molar refractivity (Wildman–Crippen MR) is 22.4 cm³/mol. The van der Waals surface area contributed by atoms with Crippen LogP contribution < -0.4 is 21.7 Å². The monoisotopic (exact) mass is 118 g/mol. The zero-order chi connectivity index (χ0) is 5.83. The van der Waals surface area contributed by atoms with Gasteiger partial charge in [-0.25, -0.2) is 21.7 Å². The van der Waals surface area contributed by atoms with Crippen LogP contribution in [0.5, 0.6) is 0 Å². The van der Waals surface area contributed by atoms with Gasteiger partial charge in [0.25, 0.3) is 11.7 Å². The van der Waals surface area contributed by atoms with Crippen LogP contribution in [0.15, 0.2) is 0 Å². The van der Waals surface area contributed by atoms with Gasteiger partial charge < -0.3 is 10.2 Å². The summed E-state index contributed by atoms with van der Waals surface area (Å²) in [6.45, 7) is 0. The Kier molecular flexibility index (Phi) is 0.522. The zero-order valence-electron chi connectivity index (χ0n) is 3.89. The number of aliphatic hydroxyl groups is 2. The van der Waals surface area contributed by atoms with Crippen molar-refractivity contribution in [2.75, 3.05) is 0 Å². The molecule has 2 heterocycles. The third-order valence-corrected chi connectivity index (χ3v) is 1.25. The maximum Gasteiger partial charge on any atom is 0.259 e. The molecule has 2 fully saturated rings. The third kappa shape index (κ3) is 0.371. The highest BCUT2D eigenvalue weighted by Crippen LogP contribution is 2.23. The lowest BCUT2D eigenvalue weighted by atomic mass is 10.4. The van der Waals surface area contributed by atoms with E-state index < -0.39 is 11.7 Å². The third-order valence-electron chi connectivity index (χ3n) is 1.25. The first-order valence-electron chi connectivity index (χ1n) is 2.20. The largest absolute Gasteiger partial charge is 0.357 e. The topological polar surface area (TPSA) is 128 Å². The fourth-order valence-electron chi connectivity index (χ4n) is 0.480. The number of nitrogens with one attached hydrogen (secondary N) is 4. The summed E-state index contributed by atoms with van der Waals surface area (Å²) in [6, 6.07) is 0. The minimum atomic E-state index is -1.37. The van der Waals surface area contributed by atoms with Crippen LogP contribution in [0.3, 0.4) is 0 Å². The molecule has 0 aromatic carbocycles. The SMILES string of the molecule is OC1(C2(O)NN2)NN1. The van der Waals surface area contributed by atoms with Gasteiger partial charge in [-0.1, -0.05) is 0 Å². The predicted octanol–water partition coefficient (Wildman–Crippen LogP) is -3.51. The summed E-state index contributed by atoms with van der Waals surface area (Å²) in [5.41, 5.74) is 9.38. The van der Waals surface area contributed by atoms with E-state index in [2.05, 4.69) is 21.7 Å². The number of hydrazine groups is 2. The van der Waals surface area contributed by atoms with E-state index in [1.54, 1.807) is 0 Å². The normalized spacial score (nSPS) is 36.8. The molecule has 6 heteroatoms. The fraction of sp³-hybridized carbons (Fsp3) is 1.00. The van der Waals surface area contributed by atoms with Crippen LogP contribution in [-0.4, -0.2) is 21.9 Å². The number of hydrogen-bond acceptors (Lipinski definition) is 6. The Labute approximate surface area is 44.8 Å². The lowest BCUT2D eigenvalue weighted by Crippen LogP contribution is -2.41. The van der Waals surface area contributed by atoms with Crippen molar-refractivity contribution in [3.05, 3.63) is 0 Å². The number of hydrogen-bond donors (Lipinski definition) is 6. The standard InChI is InChI=1S/C2H6N4O2/c7-1(3-4-1)2(8)5-6-2/h3-8H. The van der Waals surface area contributed by atoms with Gasteiger partial charge in [0.1, 0.15) is 0 Å². The molecular formula is C2H6N4O2. The van der Waals surface area contributed by atoms with Gasteiger partial charge >= 0.3 is 0 Å². The minimum absolute atomic E-state index is 1.37. The van der Waals surface area contributed by atoms with Crippen molar-refractivity contribution in [1.82, 2.24) is 21.7 Å². The summed E-state index contributed by atoms with van der Waals surface area (Å²) in [4.78, 5) is 0. The molecule has 0 atom stereocenters. The van der Waals surface area contributed by atoms with Gasteiger partial charge in [-0.3, -0.25) is 0 Å². The summed E-state index contributed by atoms with van der Waals surface area (Å²) in [6.07, 6.45) is 0. The van der Waals surface area contributed by atoms with Gasteiger partial charge in [0.15, 0.2) is 0 Å². The first kappa shape index (κ1) is 4.62. The highest BCUT2D eigenvalue weighted by molar-refractivity contribution is 5.04. The van der Waals surface area contributed by atoms with E-state index in [9.17, 15) is 0 Å². The van der Waals surface area contributed by atoms with Gasteiger partial charge in [-0.15, -0.1) is 0 Å². The van der Waals surface area contributed by atoms with Gasteiger partial charge in [-0.2, -0.15) is 0 Å². The summed E-state index contributed by atoms with van der Waals surface area (Å²) >= 11 is 0. The molecule has 0 aliphatic carbocycles. The van der Waals surface area contributed by atoms with E-state index in [1.807, 2.05) is 0 Å². The van der Waals surface area contributed by atoms with Crippen molar-refractivity contribution in [2.45, 2.75) is 11.7 Å². The summed E-state index contributed by atoms with van der Waals surface area (Å²) in [5.74, 6) is -2.74. The molecule has 46 valence electrons. The Morgan fingerprint density at radius 1 is 0.750 bits per heavy atom. The molecule has 6 nitrogen and oxygen atoms in total. The molecular weight excluding hydrogens is 112 g/mol. The van der Waals surface area contributed by atoms with Crippen molar-refractivity contribution >= 4 is 0 Å². The number of rotatable bonds is 1. The van der Waals surface area contributed by atoms with Gasteiger partial charge in [0.05, 0.1) is 0 Å². The van der Waals surface area contributed by atoms with Crippen LogP contribution in [0.25, 0.3) is 0 Å². The van der Waals surface area contributed by atoms with E-state index in [0.29, 0.717) is 0 Å². The van der Waals surface area contributed by atoms with Crippen LogP contribution >= 0.6 is 0 Å². The van der Waals surface area contributed by atoms with Crippen LogP contribution in [-0.2, 0) is 0 Å². The van der Waals surface area contributed by atoms with Gasteiger partial charge in [0.2, 0.25) is 0 Å². The zero-order valence-corrected chi connectivity index (χ0v) is 3.89. The molecule has 2 aliphatic heterocycles. The molecule has 0 bridgehead atoms. The first-order valence-corrected chi connectivity index (χ1v) is 2.20. The van der Waals surface area contributed by atoms with Crippen LogP contribution in [0.1, 0.15) is 0 Å². The average molecular weight is 118 g/mol. The second kappa shape index (κ2) is 0.903. The van der Waals surface area contributed by atoms with E-state index in [0.717, 1.165) is 0 Å². The van der Waals surface area contributed by atoms with Crippen molar-refractivity contribution < 1.29 is 10.2 Å². The van der Waals surface area contributed by atoms with Gasteiger partial charge in [-0.05, 0) is 0 Å². The summed E-state index contributed by atoms with van der Waals surface area (Å²) in [7, 11) is 0. The van der Waals surface area contributed by atoms with Crippen molar-refractivity contribution in [3.8, 4) is 0 Å². The smallest absolute Gasteiger partial charge is 0.259 e. The van der Waals surface area contributed by atoms with E-state index >= 15 is 0 Å². The molecule has 0 aromatic rings. The Balaban J connectivity index is 2.15. The Morgan fingerprint density at radius 2 is 1.00 bits per heavy atom. The summed E-state index contributed by atoms with van der Waals surface area (Å²) < 4.78 is 0. The minimum Gasteiger partial charge on any atom is -0.357 e. The van der Waals surface area contributed by atoms with E-state index in [4.69, 9.17) is 10.2 Å². The molecule has 2 aliphatic rings. The van der Waals surface area contributed by atoms with Gasteiger partial charge in [0, 0.05) is 0 Å². The van der Waals surface area contributed by atoms with Crippen LogP contribution in [0.4, 0.5) is 0 Å². The Bertz CT molecular complexity index is 112. The molecule has 0 aromatic heterocycles. The average Bonchev–Trinajstić information content (AvgIpc) is 2.46. The molecule has 0 saturated carbocycles. The Hall–Kier alpha value is -0.240. The molecule has 0 unspecified atom stereocenters. The maximum absolute atomic E-state index is 8.93. The molecule has 0 spiro atoms. The first-order chi connectivity index (χ1) is 3.66. The Morgan fingerprint density at radius 3 is 1.12 bits per heavy atom. The fourth-order valence-corrected chi connectivity index (χ4v) is 0.480. The summed E-state index contributed by atoms with van der Waals surface area (Å²) in [5, 5.41) is 17.9. The molecule has 0 amide bonds. The van der Waals surface area contributed by atoms with Crippen molar-refractivity contribution in [2.24, 2.45) is 0 Å². The lowest BCUT2D eigenvalue weighted by molar-refractivity contribution is -0.0429. The highest BCUT2D eigenvalue weighted by Gasteiger charge is 2.67. The van der Waals surface area contributed by atoms with E-state index in [1.165, 1.54) is 0 Å². The van der Waals surface area contributed by atoms with Crippen molar-refractivity contribution in [1.29, 1.82) is 0 Å². The molecule has 6 N–H and O–H groups in total. The van der Waals surface area contributed by atoms with Crippen molar-refractivity contribution in [3.63, 3.8) is 0 Å². The lowest BCUT2D eigenvalue weighted by Gasteiger charge is -2.04. The molecule has 0 radical (unpaired) electrons. The highest BCUT2D eigenvalue weighted by atomic mass is 16.5. The second-order valence-corrected chi connectivity index (χ2v) is 1.92. The second-order valence-electron chi connectivity index (χ2n) is 1.92.